The van der Waals surface area contributed by atoms with Gasteiger partial charge in [-0.3, -0.25) is 9.59 Å². The largest absolute Gasteiger partial charge is 0.352 e. The minimum absolute atomic E-state index is 0.0330. The van der Waals surface area contributed by atoms with Crippen LogP contribution in [0.1, 0.15) is 117 Å². The van der Waals surface area contributed by atoms with E-state index in [1.165, 1.54) is 57.8 Å². The van der Waals surface area contributed by atoms with Crippen LogP contribution in [0.2, 0.25) is 0 Å². The van der Waals surface area contributed by atoms with E-state index in [4.69, 9.17) is 0 Å². The molecular weight excluding hydrogens is 348 g/mol. The van der Waals surface area contributed by atoms with Gasteiger partial charge in [0.2, 0.25) is 11.8 Å². The van der Waals surface area contributed by atoms with E-state index in [2.05, 4.69) is 31.4 Å². The topological polar surface area (TPSA) is 58.2 Å². The second-order valence-corrected chi connectivity index (χ2v) is 9.21. The number of amides is 2. The fraction of sp³-hybridized carbons (Fsp3) is 0.917. The van der Waals surface area contributed by atoms with Crippen LogP contribution in [0.25, 0.3) is 0 Å². The molecule has 4 nitrogen and oxygen atoms in total. The van der Waals surface area contributed by atoms with Gasteiger partial charge in [0, 0.05) is 12.0 Å². The Balaban J connectivity index is 2.37. The van der Waals surface area contributed by atoms with E-state index >= 15 is 0 Å². The van der Waals surface area contributed by atoms with Crippen molar-refractivity contribution in [3.05, 3.63) is 0 Å². The Morgan fingerprint density at radius 2 is 1.50 bits per heavy atom. The van der Waals surface area contributed by atoms with E-state index < -0.39 is 0 Å². The van der Waals surface area contributed by atoms with E-state index in [9.17, 15) is 9.59 Å². The summed E-state index contributed by atoms with van der Waals surface area (Å²) in [5, 5.41) is 6.09. The highest BCUT2D eigenvalue weighted by Crippen LogP contribution is 2.21. The van der Waals surface area contributed by atoms with Gasteiger partial charge in [0.1, 0.15) is 0 Å². The highest BCUT2D eigenvalue weighted by atomic mass is 16.2. The van der Waals surface area contributed by atoms with Crippen LogP contribution >= 0.6 is 0 Å². The maximum atomic E-state index is 12.6. The van der Waals surface area contributed by atoms with Crippen molar-refractivity contribution in [2.24, 2.45) is 11.8 Å². The van der Waals surface area contributed by atoms with Crippen LogP contribution in [0.3, 0.4) is 0 Å². The summed E-state index contributed by atoms with van der Waals surface area (Å²) in [6.45, 7) is 6.74. The number of carbonyl (C=O) groups excluding carboxylic acids is 2. The van der Waals surface area contributed by atoms with Crippen LogP contribution in [0.5, 0.6) is 0 Å². The zero-order valence-corrected chi connectivity index (χ0v) is 18.9. The van der Waals surface area contributed by atoms with Gasteiger partial charge in [-0.05, 0) is 31.6 Å². The lowest BCUT2D eigenvalue weighted by atomic mass is 9.91. The van der Waals surface area contributed by atoms with E-state index in [-0.39, 0.29) is 30.3 Å². The van der Waals surface area contributed by atoms with Gasteiger partial charge < -0.3 is 10.6 Å². The van der Waals surface area contributed by atoms with Crippen LogP contribution < -0.4 is 10.6 Å². The zero-order chi connectivity index (χ0) is 20.6. The molecule has 2 amide bonds. The monoisotopic (exact) mass is 394 g/mol. The smallest absolute Gasteiger partial charge is 0.239 e. The molecule has 0 aliphatic heterocycles. The minimum atomic E-state index is -0.0330. The molecule has 1 aliphatic carbocycles. The van der Waals surface area contributed by atoms with E-state index in [1.807, 2.05) is 0 Å². The van der Waals surface area contributed by atoms with Crippen molar-refractivity contribution >= 4 is 11.8 Å². The molecule has 0 aromatic heterocycles. The molecule has 2 N–H and O–H groups in total. The standard InChI is InChI=1S/C24H46N2O2/c1-4-5-6-14-17-22(18-20(2)3)26-23(27)19-25-24(28)21-15-12-10-8-7-9-11-13-16-21/h20-22H,4-19H2,1-3H3,(H,25,28)(H,26,27)/t22-/m1/s1. The van der Waals surface area contributed by atoms with Crippen LogP contribution in [-0.4, -0.2) is 24.4 Å². The maximum absolute atomic E-state index is 12.6. The molecule has 0 radical (unpaired) electrons. The van der Waals surface area contributed by atoms with Gasteiger partial charge in [0.25, 0.3) is 0 Å². The Labute approximate surface area is 174 Å². The molecule has 0 unspecified atom stereocenters. The van der Waals surface area contributed by atoms with E-state index in [1.54, 1.807) is 0 Å². The maximum Gasteiger partial charge on any atom is 0.239 e. The molecule has 0 bridgehead atoms. The van der Waals surface area contributed by atoms with Crippen molar-refractivity contribution in [2.75, 3.05) is 6.54 Å². The van der Waals surface area contributed by atoms with Crippen LogP contribution in [0, 0.1) is 11.8 Å². The Kier molecular flexibility index (Phi) is 14.1. The third-order valence-corrected chi connectivity index (χ3v) is 5.93. The van der Waals surface area contributed by atoms with Crippen molar-refractivity contribution < 1.29 is 9.59 Å². The predicted octanol–water partition coefficient (Wildman–Crippen LogP) is 5.74. The number of rotatable bonds is 11. The number of nitrogens with one attached hydrogen (secondary N) is 2. The number of unbranched alkanes of at least 4 members (excludes halogenated alkanes) is 3. The number of carbonyl (C=O) groups is 2. The first-order valence-electron chi connectivity index (χ1n) is 12.1. The van der Waals surface area contributed by atoms with Crippen molar-refractivity contribution in [1.29, 1.82) is 0 Å². The minimum Gasteiger partial charge on any atom is -0.352 e. The molecule has 1 atom stereocenters. The number of hydrogen-bond donors (Lipinski definition) is 2. The summed E-state index contributed by atoms with van der Waals surface area (Å²) in [7, 11) is 0. The lowest BCUT2D eigenvalue weighted by Gasteiger charge is -2.22. The average Bonchev–Trinajstić information content (AvgIpc) is 2.67. The fourth-order valence-corrected chi connectivity index (χ4v) is 4.30. The summed E-state index contributed by atoms with van der Waals surface area (Å²) in [5.41, 5.74) is 0. The van der Waals surface area contributed by atoms with Gasteiger partial charge in [0.05, 0.1) is 6.54 Å². The molecule has 1 saturated carbocycles. The van der Waals surface area contributed by atoms with Gasteiger partial charge in [-0.25, -0.2) is 0 Å². The Hall–Kier alpha value is -1.06. The zero-order valence-electron chi connectivity index (χ0n) is 18.9. The predicted molar refractivity (Wildman–Crippen MR) is 118 cm³/mol. The highest BCUT2D eigenvalue weighted by molar-refractivity contribution is 5.85. The summed E-state index contributed by atoms with van der Waals surface area (Å²) in [5.74, 6) is 0.703. The Morgan fingerprint density at radius 3 is 2.07 bits per heavy atom. The fourth-order valence-electron chi connectivity index (χ4n) is 4.30. The summed E-state index contributed by atoms with van der Waals surface area (Å²) in [6.07, 6.45) is 17.6. The van der Waals surface area contributed by atoms with Crippen molar-refractivity contribution in [2.45, 2.75) is 123 Å². The summed E-state index contributed by atoms with van der Waals surface area (Å²) in [6, 6.07) is 0.231. The molecule has 164 valence electrons. The van der Waals surface area contributed by atoms with Crippen molar-refractivity contribution in [1.82, 2.24) is 10.6 Å². The highest BCUT2D eigenvalue weighted by Gasteiger charge is 2.20. The molecule has 1 rings (SSSR count). The molecule has 0 aromatic carbocycles. The quantitative estimate of drug-likeness (QED) is 0.439. The second kappa shape index (κ2) is 15.8. The van der Waals surface area contributed by atoms with E-state index in [0.29, 0.717) is 5.92 Å². The Morgan fingerprint density at radius 1 is 0.893 bits per heavy atom. The van der Waals surface area contributed by atoms with Crippen LogP contribution in [-0.2, 0) is 9.59 Å². The first-order valence-corrected chi connectivity index (χ1v) is 12.1. The van der Waals surface area contributed by atoms with Gasteiger partial charge in [-0.15, -0.1) is 0 Å². The molecule has 0 saturated heterocycles. The molecule has 0 heterocycles. The lowest BCUT2D eigenvalue weighted by Crippen LogP contribution is -2.43. The molecular formula is C24H46N2O2. The van der Waals surface area contributed by atoms with Crippen LogP contribution in [0.4, 0.5) is 0 Å². The van der Waals surface area contributed by atoms with Gasteiger partial charge in [-0.2, -0.15) is 0 Å². The summed E-state index contributed by atoms with van der Waals surface area (Å²) >= 11 is 0. The van der Waals surface area contributed by atoms with Gasteiger partial charge >= 0.3 is 0 Å². The van der Waals surface area contributed by atoms with Gasteiger partial charge in [0.15, 0.2) is 0 Å². The number of hydrogen-bond acceptors (Lipinski definition) is 2. The third kappa shape index (κ3) is 12.4. The summed E-state index contributed by atoms with van der Waals surface area (Å²) < 4.78 is 0. The molecule has 1 aliphatic rings. The first-order chi connectivity index (χ1) is 13.5. The molecule has 1 fully saturated rings. The average molecular weight is 395 g/mol. The first kappa shape index (κ1) is 25.0. The van der Waals surface area contributed by atoms with Gasteiger partial charge in [-0.1, -0.05) is 91.4 Å². The molecule has 0 spiro atoms. The van der Waals surface area contributed by atoms with Crippen molar-refractivity contribution in [3.63, 3.8) is 0 Å². The third-order valence-electron chi connectivity index (χ3n) is 5.93. The lowest BCUT2D eigenvalue weighted by molar-refractivity contribution is -0.129. The normalized spacial score (nSPS) is 17.9. The molecule has 0 aromatic rings. The SMILES string of the molecule is CCCCCC[C@H](CC(C)C)NC(=O)CNC(=O)C1CCCCCCCCC1. The Bertz CT molecular complexity index is 413. The second-order valence-electron chi connectivity index (χ2n) is 9.21. The van der Waals surface area contributed by atoms with Crippen LogP contribution in [0.15, 0.2) is 0 Å². The summed E-state index contributed by atoms with van der Waals surface area (Å²) in [4.78, 5) is 25.0. The van der Waals surface area contributed by atoms with Crippen molar-refractivity contribution in [3.8, 4) is 0 Å². The molecule has 28 heavy (non-hydrogen) atoms. The van der Waals surface area contributed by atoms with E-state index in [0.717, 1.165) is 38.5 Å². The molecule has 4 heteroatoms.